The van der Waals surface area contributed by atoms with E-state index in [1.54, 1.807) is 30.1 Å². The molecule has 98 valence electrons. The van der Waals surface area contributed by atoms with E-state index in [9.17, 15) is 9.59 Å². The molecule has 2 heterocycles. The van der Waals surface area contributed by atoms with E-state index in [1.165, 1.54) is 4.88 Å². The van der Waals surface area contributed by atoms with Crippen LogP contribution in [0.3, 0.4) is 0 Å². The summed E-state index contributed by atoms with van der Waals surface area (Å²) in [5.74, 6) is -0.148. The lowest BCUT2D eigenvalue weighted by atomic mass is 10.1. The Bertz CT molecular complexity index is 472. The normalized spacial score (nSPS) is 24.3. The van der Waals surface area contributed by atoms with Gasteiger partial charge in [-0.05, 0) is 20.3 Å². The molecule has 5 nitrogen and oxygen atoms in total. The number of hydrogen-bond donors (Lipinski definition) is 1. The Hall–Kier alpha value is -1.43. The molecular formula is C12H17N3O2S. The minimum atomic E-state index is -0.445. The summed E-state index contributed by atoms with van der Waals surface area (Å²) in [6, 6.07) is -0.873. The van der Waals surface area contributed by atoms with Crippen molar-refractivity contribution in [2.45, 2.75) is 45.8 Å². The molecule has 1 aliphatic heterocycles. The zero-order chi connectivity index (χ0) is 13.3. The zero-order valence-electron chi connectivity index (χ0n) is 10.8. The quantitative estimate of drug-likeness (QED) is 0.886. The first-order valence-electron chi connectivity index (χ1n) is 6.07. The molecule has 1 aromatic heterocycles. The molecule has 1 aromatic rings. The molecule has 1 saturated heterocycles. The molecular weight excluding hydrogens is 250 g/mol. The highest BCUT2D eigenvalue weighted by molar-refractivity contribution is 7.11. The average Bonchev–Trinajstić information content (AvgIpc) is 2.80. The Balaban J connectivity index is 2.15. The third kappa shape index (κ3) is 2.38. The van der Waals surface area contributed by atoms with Crippen LogP contribution in [0.1, 0.15) is 30.7 Å². The number of carbonyl (C=O) groups excluding carboxylic acids is 2. The van der Waals surface area contributed by atoms with Gasteiger partial charge in [-0.3, -0.25) is 9.59 Å². The molecule has 6 heteroatoms. The fraction of sp³-hybridized carbons (Fsp3) is 0.583. The van der Waals surface area contributed by atoms with Crippen molar-refractivity contribution in [3.8, 4) is 0 Å². The van der Waals surface area contributed by atoms with E-state index in [-0.39, 0.29) is 11.8 Å². The van der Waals surface area contributed by atoms with Crippen LogP contribution in [0.2, 0.25) is 0 Å². The molecule has 0 bridgehead atoms. The van der Waals surface area contributed by atoms with Gasteiger partial charge in [0.1, 0.15) is 17.1 Å². The maximum atomic E-state index is 12.1. The molecule has 1 fully saturated rings. The number of aryl methyl sites for hydroxylation is 1. The lowest BCUT2D eigenvalue weighted by Gasteiger charge is -2.35. The summed E-state index contributed by atoms with van der Waals surface area (Å²) in [5, 5.41) is 3.55. The first kappa shape index (κ1) is 13.0. The van der Waals surface area contributed by atoms with Gasteiger partial charge in [-0.25, -0.2) is 4.98 Å². The number of amides is 2. The highest BCUT2D eigenvalue weighted by Crippen LogP contribution is 2.19. The van der Waals surface area contributed by atoms with Gasteiger partial charge in [-0.15, -0.1) is 11.3 Å². The summed E-state index contributed by atoms with van der Waals surface area (Å²) >= 11 is 1.60. The van der Waals surface area contributed by atoms with Crippen molar-refractivity contribution >= 4 is 23.2 Å². The van der Waals surface area contributed by atoms with Crippen molar-refractivity contribution in [2.75, 3.05) is 0 Å². The third-order valence-electron chi connectivity index (χ3n) is 3.11. The summed E-state index contributed by atoms with van der Waals surface area (Å²) in [6.07, 6.45) is 2.78. The van der Waals surface area contributed by atoms with Crippen LogP contribution in [0.4, 0.5) is 0 Å². The van der Waals surface area contributed by atoms with E-state index >= 15 is 0 Å². The number of aromatic nitrogens is 1. The average molecular weight is 267 g/mol. The second kappa shape index (κ2) is 5.06. The summed E-state index contributed by atoms with van der Waals surface area (Å²) in [5.41, 5.74) is 0. The third-order valence-corrected chi connectivity index (χ3v) is 4.24. The summed E-state index contributed by atoms with van der Waals surface area (Å²) < 4.78 is 0. The van der Waals surface area contributed by atoms with Gasteiger partial charge in [-0.1, -0.05) is 6.92 Å². The number of nitrogens with one attached hydrogen (secondary N) is 1. The fourth-order valence-corrected chi connectivity index (χ4v) is 2.78. The Morgan fingerprint density at radius 3 is 2.78 bits per heavy atom. The molecule has 2 unspecified atom stereocenters. The zero-order valence-corrected chi connectivity index (χ0v) is 11.6. The Kier molecular flexibility index (Phi) is 3.65. The molecule has 0 aromatic carbocycles. The van der Waals surface area contributed by atoms with Gasteiger partial charge in [0.2, 0.25) is 11.8 Å². The number of nitrogens with zero attached hydrogens (tertiary/aromatic N) is 2. The molecule has 0 radical (unpaired) electrons. The first-order chi connectivity index (χ1) is 8.52. The molecule has 1 N–H and O–H groups in total. The molecule has 0 aliphatic carbocycles. The number of rotatable bonds is 3. The molecule has 2 rings (SSSR count). The van der Waals surface area contributed by atoms with E-state index in [2.05, 4.69) is 17.2 Å². The van der Waals surface area contributed by atoms with Gasteiger partial charge in [-0.2, -0.15) is 0 Å². The van der Waals surface area contributed by atoms with E-state index in [1.807, 2.05) is 6.20 Å². The van der Waals surface area contributed by atoms with E-state index in [4.69, 9.17) is 0 Å². The second-order valence-electron chi connectivity index (χ2n) is 4.45. The molecule has 2 amide bonds. The Labute approximate surface area is 110 Å². The van der Waals surface area contributed by atoms with E-state index < -0.39 is 12.1 Å². The molecule has 0 saturated carbocycles. The standard InChI is InChI=1S/C12H17N3O2S/c1-4-9-5-13-10(18-9)6-15-8(3)11(16)14-7(2)12(15)17/h5,7-8H,4,6H2,1-3H3,(H,14,16). The van der Waals surface area contributed by atoms with E-state index in [0.717, 1.165) is 11.4 Å². The van der Waals surface area contributed by atoms with Crippen molar-refractivity contribution in [3.63, 3.8) is 0 Å². The van der Waals surface area contributed by atoms with Crippen LogP contribution in [0.15, 0.2) is 6.20 Å². The van der Waals surface area contributed by atoms with Crippen LogP contribution in [-0.2, 0) is 22.6 Å². The van der Waals surface area contributed by atoms with Gasteiger partial charge in [0.05, 0.1) is 6.54 Å². The smallest absolute Gasteiger partial charge is 0.245 e. The SMILES string of the molecule is CCc1cnc(CN2C(=O)C(C)NC(=O)C2C)s1. The van der Waals surface area contributed by atoms with Crippen LogP contribution < -0.4 is 5.32 Å². The van der Waals surface area contributed by atoms with Crippen molar-refractivity contribution in [1.82, 2.24) is 15.2 Å². The number of piperazine rings is 1. The van der Waals surface area contributed by atoms with Crippen LogP contribution >= 0.6 is 11.3 Å². The minimum Gasteiger partial charge on any atom is -0.343 e. The van der Waals surface area contributed by atoms with Gasteiger partial charge in [0, 0.05) is 11.1 Å². The first-order valence-corrected chi connectivity index (χ1v) is 6.89. The number of thiazole rings is 1. The van der Waals surface area contributed by atoms with Crippen LogP contribution in [-0.4, -0.2) is 33.8 Å². The predicted octanol–water partition coefficient (Wildman–Crippen LogP) is 0.941. The lowest BCUT2D eigenvalue weighted by Crippen LogP contribution is -2.60. The number of hydrogen-bond acceptors (Lipinski definition) is 4. The monoisotopic (exact) mass is 267 g/mol. The second-order valence-corrected chi connectivity index (χ2v) is 5.65. The largest absolute Gasteiger partial charge is 0.343 e. The van der Waals surface area contributed by atoms with Crippen molar-refractivity contribution in [2.24, 2.45) is 0 Å². The van der Waals surface area contributed by atoms with Gasteiger partial charge in [0.15, 0.2) is 0 Å². The van der Waals surface area contributed by atoms with Crippen molar-refractivity contribution in [1.29, 1.82) is 0 Å². The van der Waals surface area contributed by atoms with E-state index in [0.29, 0.717) is 6.54 Å². The molecule has 2 atom stereocenters. The predicted molar refractivity (Wildman–Crippen MR) is 69.1 cm³/mol. The minimum absolute atomic E-state index is 0.0460. The van der Waals surface area contributed by atoms with Gasteiger partial charge >= 0.3 is 0 Å². The fourth-order valence-electron chi connectivity index (χ4n) is 1.92. The van der Waals surface area contributed by atoms with Crippen molar-refractivity contribution < 1.29 is 9.59 Å². The highest BCUT2D eigenvalue weighted by Gasteiger charge is 2.35. The summed E-state index contributed by atoms with van der Waals surface area (Å²) in [7, 11) is 0. The Morgan fingerprint density at radius 2 is 2.17 bits per heavy atom. The van der Waals surface area contributed by atoms with Crippen LogP contribution in [0, 0.1) is 0 Å². The maximum Gasteiger partial charge on any atom is 0.245 e. The maximum absolute atomic E-state index is 12.1. The number of carbonyl (C=O) groups is 2. The van der Waals surface area contributed by atoms with Crippen LogP contribution in [0.5, 0.6) is 0 Å². The lowest BCUT2D eigenvalue weighted by molar-refractivity contribution is -0.148. The highest BCUT2D eigenvalue weighted by atomic mass is 32.1. The van der Waals surface area contributed by atoms with Gasteiger partial charge < -0.3 is 10.2 Å². The van der Waals surface area contributed by atoms with Crippen molar-refractivity contribution in [3.05, 3.63) is 16.1 Å². The molecule has 1 aliphatic rings. The summed E-state index contributed by atoms with van der Waals surface area (Å²) in [4.78, 5) is 30.8. The Morgan fingerprint density at radius 1 is 1.44 bits per heavy atom. The van der Waals surface area contributed by atoms with Gasteiger partial charge in [0.25, 0.3) is 0 Å². The topological polar surface area (TPSA) is 62.3 Å². The van der Waals surface area contributed by atoms with Crippen LogP contribution in [0.25, 0.3) is 0 Å². The summed E-state index contributed by atoms with van der Waals surface area (Å²) in [6.45, 7) is 5.94. The molecule has 18 heavy (non-hydrogen) atoms. The molecule has 0 spiro atoms.